The zero-order valence-corrected chi connectivity index (χ0v) is 9.93. The normalized spacial score (nSPS) is 25.2. The van der Waals surface area contributed by atoms with Gasteiger partial charge in [0.05, 0.1) is 0 Å². The number of carbonyl (C=O) groups is 2. The molecule has 1 atom stereocenters. The van der Waals surface area contributed by atoms with Crippen molar-refractivity contribution in [2.75, 3.05) is 0 Å². The van der Waals surface area contributed by atoms with Gasteiger partial charge < -0.3 is 9.47 Å². The Balaban J connectivity index is 1.78. The van der Waals surface area contributed by atoms with Gasteiger partial charge in [-0.25, -0.2) is 4.79 Å². The summed E-state index contributed by atoms with van der Waals surface area (Å²) in [4.78, 5) is 22.5. The first-order chi connectivity index (χ1) is 8.68. The lowest BCUT2D eigenvalue weighted by molar-refractivity contribution is -0.306. The molecule has 0 N–H and O–H groups in total. The van der Waals surface area contributed by atoms with E-state index in [0.29, 0.717) is 25.7 Å². The van der Waals surface area contributed by atoms with Crippen molar-refractivity contribution in [1.29, 1.82) is 0 Å². The second-order valence-corrected chi connectivity index (χ2v) is 4.90. The van der Waals surface area contributed by atoms with Gasteiger partial charge >= 0.3 is 6.16 Å². The third-order valence-electron chi connectivity index (χ3n) is 3.69. The average Bonchev–Trinajstić information content (AvgIpc) is 2.33. The number of hydrogen-bond donors (Lipinski definition) is 0. The third-order valence-corrected chi connectivity index (χ3v) is 3.69. The van der Waals surface area contributed by atoms with E-state index in [1.807, 2.05) is 30.3 Å². The lowest BCUT2D eigenvalue weighted by Gasteiger charge is -2.46. The van der Waals surface area contributed by atoms with Gasteiger partial charge in [0.15, 0.2) is 0 Å². The zero-order valence-electron chi connectivity index (χ0n) is 9.93. The van der Waals surface area contributed by atoms with Gasteiger partial charge in [-0.3, -0.25) is 4.79 Å². The first kappa shape index (κ1) is 11.3. The number of hydrogen-bond acceptors (Lipinski definition) is 4. The number of Topliss-reactive ketones (excluding diaryl/α,β-unsaturated/α-hetero) is 1. The van der Waals surface area contributed by atoms with Gasteiger partial charge in [-0.15, -0.1) is 0 Å². The minimum atomic E-state index is -0.846. The second kappa shape index (κ2) is 4.12. The fourth-order valence-corrected chi connectivity index (χ4v) is 2.73. The summed E-state index contributed by atoms with van der Waals surface area (Å²) in [6.45, 7) is 0. The number of carbonyl (C=O) groups excluding carboxylic acids is 2. The van der Waals surface area contributed by atoms with Crippen molar-refractivity contribution in [3.8, 4) is 0 Å². The zero-order chi connectivity index (χ0) is 12.6. The van der Waals surface area contributed by atoms with Crippen LogP contribution >= 0.6 is 0 Å². The van der Waals surface area contributed by atoms with Crippen molar-refractivity contribution >= 4 is 11.9 Å². The summed E-state index contributed by atoms with van der Waals surface area (Å²) in [5.74, 6) is -0.701. The number of benzene rings is 1. The molecule has 1 aliphatic carbocycles. The largest absolute Gasteiger partial charge is 0.514 e. The standard InChI is InChI=1S/C14H14O4/c15-12-6-7-14(17-13(16)18-14)11(9-12)8-10-4-2-1-3-5-10/h1-5,11H,6-9H2. The Hall–Kier alpha value is -1.84. The Morgan fingerprint density at radius 3 is 2.56 bits per heavy atom. The number of ether oxygens (including phenoxy) is 2. The fraction of sp³-hybridized carbons (Fsp3) is 0.429. The molecule has 0 bridgehead atoms. The van der Waals surface area contributed by atoms with E-state index in [4.69, 9.17) is 9.47 Å². The highest BCUT2D eigenvalue weighted by Crippen LogP contribution is 2.44. The smallest absolute Gasteiger partial charge is 0.390 e. The highest BCUT2D eigenvalue weighted by atomic mass is 16.9. The highest BCUT2D eigenvalue weighted by molar-refractivity contribution is 5.80. The Morgan fingerprint density at radius 1 is 1.17 bits per heavy atom. The van der Waals surface area contributed by atoms with Gasteiger partial charge in [0.25, 0.3) is 5.79 Å². The van der Waals surface area contributed by atoms with E-state index < -0.39 is 11.9 Å². The molecule has 1 saturated carbocycles. The van der Waals surface area contributed by atoms with E-state index in [-0.39, 0.29) is 11.7 Å². The molecule has 1 saturated heterocycles. The SMILES string of the molecule is O=C1CCC2(OC(=O)O2)C(Cc2ccccc2)C1. The molecule has 4 nitrogen and oxygen atoms in total. The van der Waals surface area contributed by atoms with E-state index in [1.165, 1.54) is 0 Å². The minimum absolute atomic E-state index is 0.0705. The van der Waals surface area contributed by atoms with Crippen LogP contribution in [-0.2, 0) is 20.7 Å². The van der Waals surface area contributed by atoms with Gasteiger partial charge in [-0.2, -0.15) is 0 Å². The molecular formula is C14H14O4. The van der Waals surface area contributed by atoms with Crippen molar-refractivity contribution < 1.29 is 19.1 Å². The maximum Gasteiger partial charge on any atom is 0.514 e. The molecule has 1 aromatic rings. The summed E-state index contributed by atoms with van der Waals surface area (Å²) in [5, 5.41) is 0. The first-order valence-electron chi connectivity index (χ1n) is 6.15. The van der Waals surface area contributed by atoms with Crippen molar-refractivity contribution in [1.82, 2.24) is 0 Å². The first-order valence-corrected chi connectivity index (χ1v) is 6.15. The molecular weight excluding hydrogens is 232 g/mol. The summed E-state index contributed by atoms with van der Waals surface area (Å²) < 4.78 is 10.4. The lowest BCUT2D eigenvalue weighted by atomic mass is 9.78. The fourth-order valence-electron chi connectivity index (χ4n) is 2.73. The van der Waals surface area contributed by atoms with Crippen LogP contribution in [0.2, 0.25) is 0 Å². The van der Waals surface area contributed by atoms with Crippen LogP contribution in [0.5, 0.6) is 0 Å². The molecule has 1 heterocycles. The third kappa shape index (κ3) is 1.88. The summed E-state index contributed by atoms with van der Waals surface area (Å²) in [5.41, 5.74) is 1.13. The molecule has 0 radical (unpaired) electrons. The summed E-state index contributed by atoms with van der Waals surface area (Å²) in [7, 11) is 0. The molecule has 3 rings (SSSR count). The molecule has 4 heteroatoms. The van der Waals surface area contributed by atoms with Crippen LogP contribution in [0.3, 0.4) is 0 Å². The Morgan fingerprint density at radius 2 is 1.89 bits per heavy atom. The highest BCUT2D eigenvalue weighted by Gasteiger charge is 2.56. The molecule has 1 aliphatic heterocycles. The van der Waals surface area contributed by atoms with E-state index in [9.17, 15) is 9.59 Å². The van der Waals surface area contributed by atoms with Crippen LogP contribution < -0.4 is 0 Å². The molecule has 1 unspecified atom stereocenters. The molecule has 1 aromatic carbocycles. The van der Waals surface area contributed by atoms with Crippen LogP contribution in [0.1, 0.15) is 24.8 Å². The number of rotatable bonds is 2. The molecule has 2 aliphatic rings. The van der Waals surface area contributed by atoms with Crippen molar-refractivity contribution in [2.24, 2.45) is 5.92 Å². The van der Waals surface area contributed by atoms with Crippen LogP contribution in [-0.4, -0.2) is 17.7 Å². The van der Waals surface area contributed by atoms with E-state index in [2.05, 4.69) is 0 Å². The van der Waals surface area contributed by atoms with Crippen LogP contribution in [0, 0.1) is 5.92 Å². The predicted molar refractivity (Wildman–Crippen MR) is 62.8 cm³/mol. The minimum Gasteiger partial charge on any atom is -0.390 e. The maximum absolute atomic E-state index is 11.6. The maximum atomic E-state index is 11.6. The Bertz CT molecular complexity index is 472. The quantitative estimate of drug-likeness (QED) is 0.752. The van der Waals surface area contributed by atoms with Gasteiger partial charge in [-0.05, 0) is 12.0 Å². The van der Waals surface area contributed by atoms with Gasteiger partial charge in [0.2, 0.25) is 0 Å². The van der Waals surface area contributed by atoms with Crippen LogP contribution in [0.25, 0.3) is 0 Å². The summed E-state index contributed by atoms with van der Waals surface area (Å²) >= 11 is 0. The van der Waals surface area contributed by atoms with Gasteiger partial charge in [0, 0.05) is 25.2 Å². The van der Waals surface area contributed by atoms with Gasteiger partial charge in [0.1, 0.15) is 5.78 Å². The van der Waals surface area contributed by atoms with Crippen molar-refractivity contribution in [3.63, 3.8) is 0 Å². The van der Waals surface area contributed by atoms with Gasteiger partial charge in [-0.1, -0.05) is 30.3 Å². The van der Waals surface area contributed by atoms with Crippen molar-refractivity contribution in [2.45, 2.75) is 31.5 Å². The van der Waals surface area contributed by atoms with E-state index >= 15 is 0 Å². The Labute approximate surface area is 105 Å². The van der Waals surface area contributed by atoms with Crippen molar-refractivity contribution in [3.05, 3.63) is 35.9 Å². The van der Waals surface area contributed by atoms with Crippen LogP contribution in [0.15, 0.2) is 30.3 Å². The predicted octanol–water partition coefficient (Wildman–Crippen LogP) is 2.46. The average molecular weight is 246 g/mol. The molecule has 94 valence electrons. The van der Waals surface area contributed by atoms with E-state index in [1.54, 1.807) is 0 Å². The monoisotopic (exact) mass is 246 g/mol. The molecule has 0 aromatic heterocycles. The second-order valence-electron chi connectivity index (χ2n) is 4.90. The number of ketones is 1. The topological polar surface area (TPSA) is 52.6 Å². The van der Waals surface area contributed by atoms with Crippen LogP contribution in [0.4, 0.5) is 4.79 Å². The molecule has 0 amide bonds. The molecule has 18 heavy (non-hydrogen) atoms. The summed E-state index contributed by atoms with van der Waals surface area (Å²) in [6.07, 6.45) is 1.40. The summed E-state index contributed by atoms with van der Waals surface area (Å²) in [6, 6.07) is 9.88. The lowest BCUT2D eigenvalue weighted by Crippen LogP contribution is -2.58. The van der Waals surface area contributed by atoms with E-state index in [0.717, 1.165) is 5.56 Å². The molecule has 2 fully saturated rings. The Kier molecular flexibility index (Phi) is 2.58. The molecule has 1 spiro atoms.